The van der Waals surface area contributed by atoms with Crippen LogP contribution in [-0.4, -0.2) is 23.7 Å². The van der Waals surface area contributed by atoms with E-state index in [1.807, 2.05) is 0 Å². The maximum Gasteiger partial charge on any atom is 0.267 e. The van der Waals surface area contributed by atoms with Crippen LogP contribution in [0.3, 0.4) is 0 Å². The van der Waals surface area contributed by atoms with E-state index in [9.17, 15) is 18.0 Å². The lowest BCUT2D eigenvalue weighted by atomic mass is 9.94. The Kier molecular flexibility index (Phi) is 3.94. The summed E-state index contributed by atoms with van der Waals surface area (Å²) in [5.41, 5.74) is 6.11. The van der Waals surface area contributed by atoms with E-state index in [4.69, 9.17) is 10.5 Å². The summed E-state index contributed by atoms with van der Waals surface area (Å²) in [6, 6.07) is 4.48. The molecular formula is C16H13F3N2O2. The minimum atomic E-state index is -0.817. The van der Waals surface area contributed by atoms with Crippen molar-refractivity contribution >= 4 is 5.91 Å². The quantitative estimate of drug-likeness (QED) is 0.945. The van der Waals surface area contributed by atoms with Gasteiger partial charge in [-0.15, -0.1) is 0 Å². The molecule has 0 fully saturated rings. The highest BCUT2D eigenvalue weighted by Crippen LogP contribution is 2.36. The molecule has 2 heterocycles. The number of hydrogen-bond donors (Lipinski definition) is 1. The largest absolute Gasteiger partial charge is 0.471 e. The first-order valence-corrected chi connectivity index (χ1v) is 7.01. The second-order valence-electron chi connectivity index (χ2n) is 5.26. The van der Waals surface area contributed by atoms with Gasteiger partial charge in [-0.2, -0.15) is 0 Å². The van der Waals surface area contributed by atoms with Gasteiger partial charge in [-0.25, -0.2) is 18.2 Å². The monoisotopic (exact) mass is 322 g/mol. The molecule has 0 saturated carbocycles. The van der Waals surface area contributed by atoms with E-state index in [-0.39, 0.29) is 17.1 Å². The molecule has 0 aliphatic carbocycles. The Morgan fingerprint density at radius 2 is 2.09 bits per heavy atom. The van der Waals surface area contributed by atoms with Crippen molar-refractivity contribution in [3.8, 4) is 17.0 Å². The fourth-order valence-electron chi connectivity index (χ4n) is 2.59. The van der Waals surface area contributed by atoms with E-state index in [1.165, 1.54) is 12.1 Å². The zero-order chi connectivity index (χ0) is 16.6. The van der Waals surface area contributed by atoms with Crippen molar-refractivity contribution in [1.82, 2.24) is 4.98 Å². The summed E-state index contributed by atoms with van der Waals surface area (Å²) in [6.07, 6.45) is 0.142. The summed E-state index contributed by atoms with van der Waals surface area (Å²) in [5.74, 6) is -2.24. The standard InChI is InChI=1S/C16H13F3N2O2/c17-7-9-2-4-11-12(10-3-1-8(18)5-13(10)19)6-14(15(20)22)21-16(11)23-9/h1,3,5-6,9H,2,4,7H2,(H2,20,22). The first kappa shape index (κ1) is 15.3. The molecule has 0 bridgehead atoms. The third-order valence-electron chi connectivity index (χ3n) is 3.73. The SMILES string of the molecule is NC(=O)c1cc(-c2ccc(F)cc2F)c2c(n1)OC(CF)CC2. The number of fused-ring (bicyclic) bond motifs is 1. The molecule has 0 saturated heterocycles. The molecule has 1 amide bonds. The normalized spacial score (nSPS) is 16.6. The molecule has 1 aliphatic heterocycles. The Hall–Kier alpha value is -2.57. The molecule has 23 heavy (non-hydrogen) atoms. The number of nitrogens with two attached hydrogens (primary N) is 1. The van der Waals surface area contributed by atoms with Crippen LogP contribution in [0.5, 0.6) is 5.88 Å². The van der Waals surface area contributed by atoms with Gasteiger partial charge in [0.1, 0.15) is 30.1 Å². The number of hydrogen-bond acceptors (Lipinski definition) is 3. The number of pyridine rings is 1. The van der Waals surface area contributed by atoms with Crippen LogP contribution in [0, 0.1) is 11.6 Å². The van der Waals surface area contributed by atoms with Gasteiger partial charge in [0.05, 0.1) is 0 Å². The highest BCUT2D eigenvalue weighted by molar-refractivity contribution is 5.93. The summed E-state index contributed by atoms with van der Waals surface area (Å²) in [7, 11) is 0. The van der Waals surface area contributed by atoms with E-state index in [2.05, 4.69) is 4.98 Å². The van der Waals surface area contributed by atoms with Crippen molar-refractivity contribution < 1.29 is 22.7 Å². The predicted molar refractivity (Wildman–Crippen MR) is 76.8 cm³/mol. The van der Waals surface area contributed by atoms with E-state index in [0.29, 0.717) is 24.0 Å². The van der Waals surface area contributed by atoms with Crippen molar-refractivity contribution in [2.45, 2.75) is 18.9 Å². The van der Waals surface area contributed by atoms with E-state index in [0.717, 1.165) is 12.1 Å². The van der Waals surface area contributed by atoms with Crippen LogP contribution in [0.25, 0.3) is 11.1 Å². The molecule has 1 unspecified atom stereocenters. The average Bonchev–Trinajstić information content (AvgIpc) is 2.53. The summed E-state index contributed by atoms with van der Waals surface area (Å²) >= 11 is 0. The molecule has 2 N–H and O–H groups in total. The first-order chi connectivity index (χ1) is 11.0. The lowest BCUT2D eigenvalue weighted by Crippen LogP contribution is -2.27. The number of nitrogens with zero attached hydrogens (tertiary/aromatic N) is 1. The summed E-state index contributed by atoms with van der Waals surface area (Å²) < 4.78 is 45.4. The molecule has 2 aromatic rings. The number of primary amides is 1. The molecule has 4 nitrogen and oxygen atoms in total. The summed E-state index contributed by atoms with van der Waals surface area (Å²) in [6.45, 7) is -0.692. The molecule has 120 valence electrons. The lowest BCUT2D eigenvalue weighted by molar-refractivity contribution is 0.0989. The van der Waals surface area contributed by atoms with Gasteiger partial charge in [-0.1, -0.05) is 0 Å². The Bertz CT molecular complexity index is 780. The summed E-state index contributed by atoms with van der Waals surface area (Å²) in [4.78, 5) is 15.4. The second kappa shape index (κ2) is 5.91. The van der Waals surface area contributed by atoms with Crippen molar-refractivity contribution in [3.05, 3.63) is 47.2 Å². The fourth-order valence-corrected chi connectivity index (χ4v) is 2.59. The number of halogens is 3. The molecule has 1 aliphatic rings. The molecule has 1 aromatic carbocycles. The number of ether oxygens (including phenoxy) is 1. The van der Waals surface area contributed by atoms with E-state index >= 15 is 0 Å². The van der Waals surface area contributed by atoms with Crippen LogP contribution in [0.15, 0.2) is 24.3 Å². The van der Waals surface area contributed by atoms with Gasteiger partial charge in [0.2, 0.25) is 5.88 Å². The summed E-state index contributed by atoms with van der Waals surface area (Å²) in [5, 5.41) is 0. The Labute approximate surface area is 130 Å². The van der Waals surface area contributed by atoms with Crippen LogP contribution < -0.4 is 10.5 Å². The second-order valence-corrected chi connectivity index (χ2v) is 5.26. The molecule has 3 rings (SSSR count). The number of carbonyl (C=O) groups is 1. The van der Waals surface area contributed by atoms with Crippen molar-refractivity contribution in [2.75, 3.05) is 6.67 Å². The van der Waals surface area contributed by atoms with Crippen molar-refractivity contribution in [3.63, 3.8) is 0 Å². The average molecular weight is 322 g/mol. The smallest absolute Gasteiger partial charge is 0.267 e. The molecule has 1 atom stereocenters. The molecule has 1 aromatic heterocycles. The van der Waals surface area contributed by atoms with Crippen molar-refractivity contribution in [1.29, 1.82) is 0 Å². The number of aromatic nitrogens is 1. The Morgan fingerprint density at radius 1 is 1.30 bits per heavy atom. The van der Waals surface area contributed by atoms with Crippen LogP contribution in [-0.2, 0) is 6.42 Å². The van der Waals surface area contributed by atoms with Crippen LogP contribution in [0.2, 0.25) is 0 Å². The van der Waals surface area contributed by atoms with Gasteiger partial charge in [0.25, 0.3) is 5.91 Å². The van der Waals surface area contributed by atoms with Gasteiger partial charge in [0, 0.05) is 17.2 Å². The molecular weight excluding hydrogens is 309 g/mol. The molecule has 7 heteroatoms. The van der Waals surface area contributed by atoms with Gasteiger partial charge in [-0.3, -0.25) is 4.79 Å². The molecule has 0 spiro atoms. The van der Waals surface area contributed by atoms with Gasteiger partial charge < -0.3 is 10.5 Å². The predicted octanol–water partition coefficient (Wildman–Crippen LogP) is 2.79. The maximum absolute atomic E-state index is 14.1. The minimum absolute atomic E-state index is 0.0638. The number of benzene rings is 1. The highest BCUT2D eigenvalue weighted by Gasteiger charge is 2.26. The zero-order valence-corrected chi connectivity index (χ0v) is 12.0. The number of rotatable bonds is 3. The Morgan fingerprint density at radius 3 is 2.74 bits per heavy atom. The van der Waals surface area contributed by atoms with Gasteiger partial charge in [0.15, 0.2) is 0 Å². The molecule has 0 radical (unpaired) electrons. The van der Waals surface area contributed by atoms with Crippen LogP contribution in [0.4, 0.5) is 13.2 Å². The topological polar surface area (TPSA) is 65.2 Å². The maximum atomic E-state index is 14.1. The van der Waals surface area contributed by atoms with E-state index in [1.54, 1.807) is 0 Å². The van der Waals surface area contributed by atoms with Crippen LogP contribution in [0.1, 0.15) is 22.5 Å². The number of amides is 1. The minimum Gasteiger partial charge on any atom is -0.471 e. The number of alkyl halides is 1. The Balaban J connectivity index is 2.19. The third-order valence-corrected chi connectivity index (χ3v) is 3.73. The zero-order valence-electron chi connectivity index (χ0n) is 12.0. The van der Waals surface area contributed by atoms with Crippen molar-refractivity contribution in [2.24, 2.45) is 5.73 Å². The van der Waals surface area contributed by atoms with Gasteiger partial charge >= 0.3 is 0 Å². The third kappa shape index (κ3) is 2.86. The van der Waals surface area contributed by atoms with E-state index < -0.39 is 30.3 Å². The highest BCUT2D eigenvalue weighted by atomic mass is 19.1. The van der Waals surface area contributed by atoms with Gasteiger partial charge in [-0.05, 0) is 36.6 Å². The fraction of sp³-hybridized carbons (Fsp3) is 0.250. The van der Waals surface area contributed by atoms with Crippen LogP contribution >= 0.6 is 0 Å². The first-order valence-electron chi connectivity index (χ1n) is 7.01. The lowest BCUT2D eigenvalue weighted by Gasteiger charge is -2.25. The number of carbonyl (C=O) groups excluding carboxylic acids is 1.